The number of thiocarbonyl (C=S) groups is 1. The van der Waals surface area contributed by atoms with Gasteiger partial charge in [0.1, 0.15) is 10.9 Å². The largest absolute Gasteiger partial charge is 0.465 e. The summed E-state index contributed by atoms with van der Waals surface area (Å²) >= 11 is 6.51. The number of ether oxygens (including phenoxy) is 1. The maximum atomic E-state index is 10.3. The summed E-state index contributed by atoms with van der Waals surface area (Å²) in [4.78, 5) is 12.2. The van der Waals surface area contributed by atoms with Gasteiger partial charge in [0.15, 0.2) is 0 Å². The van der Waals surface area contributed by atoms with Gasteiger partial charge in [-0.25, -0.2) is 0 Å². The second-order valence-corrected chi connectivity index (χ2v) is 4.08. The predicted molar refractivity (Wildman–Crippen MR) is 55.4 cm³/mol. The van der Waals surface area contributed by atoms with Crippen molar-refractivity contribution in [3.63, 3.8) is 0 Å². The molecule has 0 bridgehead atoms. The average molecular weight is 207 g/mol. The third-order valence-corrected chi connectivity index (χ3v) is 2.68. The summed E-state index contributed by atoms with van der Waals surface area (Å²) < 4.78 is 5.54. The fourth-order valence-electron chi connectivity index (χ4n) is 0.443. The summed E-state index contributed by atoms with van der Waals surface area (Å²) in [5, 5.41) is 0. The third-order valence-electron chi connectivity index (χ3n) is 0.979. The summed E-state index contributed by atoms with van der Waals surface area (Å²) in [5.74, 6) is 0.475. The van der Waals surface area contributed by atoms with E-state index in [4.69, 9.17) is 17.0 Å². The first kappa shape index (κ1) is 11.7. The minimum Gasteiger partial charge on any atom is -0.465 e. The molecule has 0 fully saturated rings. The van der Waals surface area contributed by atoms with E-state index in [1.165, 1.54) is 18.7 Å². The van der Waals surface area contributed by atoms with Crippen molar-refractivity contribution in [1.29, 1.82) is 0 Å². The van der Waals surface area contributed by atoms with Crippen LogP contribution in [0.3, 0.4) is 0 Å². The molecule has 0 rings (SSSR count). The smallest absolute Gasteiger partial charge is 0.302 e. The predicted octanol–water partition coefficient (Wildman–Crippen LogP) is 1.13. The molecule has 3 nitrogen and oxygen atoms in total. The fraction of sp³-hybridized carbons (Fsp3) is 0.714. The molecule has 0 spiro atoms. The quantitative estimate of drug-likeness (QED) is 0.393. The van der Waals surface area contributed by atoms with Gasteiger partial charge in [-0.05, 0) is 0 Å². The second-order valence-electron chi connectivity index (χ2n) is 2.35. The van der Waals surface area contributed by atoms with Crippen molar-refractivity contribution in [3.8, 4) is 0 Å². The van der Waals surface area contributed by atoms with Gasteiger partial charge in [0.25, 0.3) is 0 Å². The molecular formula is C7H13NO2S2. The minimum absolute atomic E-state index is 0.244. The van der Waals surface area contributed by atoms with Crippen LogP contribution in [0.15, 0.2) is 0 Å². The van der Waals surface area contributed by atoms with Crippen LogP contribution in [0.2, 0.25) is 0 Å². The van der Waals surface area contributed by atoms with E-state index >= 15 is 0 Å². The molecule has 0 atom stereocenters. The molecule has 12 heavy (non-hydrogen) atoms. The highest BCUT2D eigenvalue weighted by Crippen LogP contribution is 2.05. The molecule has 0 N–H and O–H groups in total. The normalized spacial score (nSPS) is 9.25. The Labute approximate surface area is 82.4 Å². The van der Waals surface area contributed by atoms with Gasteiger partial charge in [-0.2, -0.15) is 0 Å². The first-order chi connectivity index (χ1) is 5.54. The number of nitrogens with zero attached hydrogens (tertiary/aromatic N) is 1. The molecule has 0 aromatic rings. The maximum absolute atomic E-state index is 10.3. The Kier molecular flexibility index (Phi) is 6.10. The summed E-state index contributed by atoms with van der Waals surface area (Å²) in [6, 6.07) is 0. The van der Waals surface area contributed by atoms with Crippen LogP contribution in [-0.2, 0) is 9.53 Å². The Morgan fingerprint density at radius 2 is 2.17 bits per heavy atom. The Balaban J connectivity index is 3.32. The second kappa shape index (κ2) is 6.25. The zero-order valence-electron chi connectivity index (χ0n) is 7.49. The monoisotopic (exact) mass is 207 g/mol. The molecule has 5 heteroatoms. The molecule has 0 aromatic heterocycles. The van der Waals surface area contributed by atoms with Crippen molar-refractivity contribution < 1.29 is 9.53 Å². The van der Waals surface area contributed by atoms with E-state index in [1.807, 2.05) is 19.0 Å². The van der Waals surface area contributed by atoms with Crippen molar-refractivity contribution in [2.24, 2.45) is 0 Å². The molecule has 0 radical (unpaired) electrons. The van der Waals surface area contributed by atoms with Crippen molar-refractivity contribution in [2.75, 3.05) is 26.5 Å². The molecule has 0 amide bonds. The molecule has 0 unspecified atom stereocenters. The molecule has 0 aliphatic carbocycles. The Hall–Kier alpha value is -0.290. The van der Waals surface area contributed by atoms with Crippen molar-refractivity contribution >= 4 is 34.3 Å². The van der Waals surface area contributed by atoms with Gasteiger partial charge < -0.3 is 9.64 Å². The molecule has 0 heterocycles. The van der Waals surface area contributed by atoms with E-state index in [0.29, 0.717) is 6.61 Å². The van der Waals surface area contributed by atoms with Crippen molar-refractivity contribution in [1.82, 2.24) is 4.90 Å². The Morgan fingerprint density at radius 3 is 2.58 bits per heavy atom. The maximum Gasteiger partial charge on any atom is 0.302 e. The first-order valence-electron chi connectivity index (χ1n) is 3.51. The van der Waals surface area contributed by atoms with Gasteiger partial charge in [-0.15, -0.1) is 0 Å². The highest BCUT2D eigenvalue weighted by Gasteiger charge is 1.99. The number of hydrogen-bond acceptors (Lipinski definition) is 4. The number of rotatable bonds is 3. The molecular weight excluding hydrogens is 194 g/mol. The van der Waals surface area contributed by atoms with Crippen LogP contribution in [0, 0.1) is 0 Å². The molecule has 0 aliphatic heterocycles. The third kappa shape index (κ3) is 6.42. The number of carbonyl (C=O) groups excluding carboxylic acids is 1. The van der Waals surface area contributed by atoms with E-state index in [2.05, 4.69) is 0 Å². The van der Waals surface area contributed by atoms with Crippen LogP contribution in [0.1, 0.15) is 6.92 Å². The van der Waals surface area contributed by atoms with Gasteiger partial charge in [-0.1, -0.05) is 24.0 Å². The van der Waals surface area contributed by atoms with Crippen LogP contribution in [0.5, 0.6) is 0 Å². The molecule has 0 aliphatic rings. The summed E-state index contributed by atoms with van der Waals surface area (Å²) in [6.45, 7) is 1.82. The van der Waals surface area contributed by atoms with Gasteiger partial charge in [0.05, 0.1) is 0 Å². The van der Waals surface area contributed by atoms with Crippen LogP contribution >= 0.6 is 24.0 Å². The number of carbonyl (C=O) groups is 1. The minimum atomic E-state index is -0.244. The van der Waals surface area contributed by atoms with Crippen LogP contribution in [-0.4, -0.2) is 41.6 Å². The van der Waals surface area contributed by atoms with E-state index in [0.717, 1.165) is 10.1 Å². The zero-order valence-corrected chi connectivity index (χ0v) is 9.13. The van der Waals surface area contributed by atoms with Crippen molar-refractivity contribution in [3.05, 3.63) is 0 Å². The average Bonchev–Trinajstić information content (AvgIpc) is 1.97. The lowest BCUT2D eigenvalue weighted by atomic mass is 10.8. The summed E-state index contributed by atoms with van der Waals surface area (Å²) in [6.07, 6.45) is 0. The molecule has 0 saturated heterocycles. The number of hydrogen-bond donors (Lipinski definition) is 0. The highest BCUT2D eigenvalue weighted by molar-refractivity contribution is 8.22. The summed E-state index contributed by atoms with van der Waals surface area (Å²) in [5.41, 5.74) is 0. The molecule has 0 saturated carbocycles. The molecule has 0 aromatic carbocycles. The Bertz CT molecular complexity index is 171. The Morgan fingerprint density at radius 1 is 1.58 bits per heavy atom. The highest BCUT2D eigenvalue weighted by atomic mass is 32.2. The van der Waals surface area contributed by atoms with E-state index < -0.39 is 0 Å². The van der Waals surface area contributed by atoms with Crippen LogP contribution < -0.4 is 0 Å². The van der Waals surface area contributed by atoms with E-state index in [-0.39, 0.29) is 5.97 Å². The van der Waals surface area contributed by atoms with Gasteiger partial charge in [-0.3, -0.25) is 4.79 Å². The van der Waals surface area contributed by atoms with Gasteiger partial charge in [0, 0.05) is 26.8 Å². The van der Waals surface area contributed by atoms with Gasteiger partial charge >= 0.3 is 5.97 Å². The van der Waals surface area contributed by atoms with E-state index in [9.17, 15) is 4.79 Å². The van der Waals surface area contributed by atoms with Crippen molar-refractivity contribution in [2.45, 2.75) is 6.92 Å². The van der Waals surface area contributed by atoms with Gasteiger partial charge in [0.2, 0.25) is 0 Å². The zero-order chi connectivity index (χ0) is 9.56. The lowest BCUT2D eigenvalue weighted by Crippen LogP contribution is -2.17. The SMILES string of the molecule is CC(=O)OCCSC(=S)N(C)C. The lowest BCUT2D eigenvalue weighted by Gasteiger charge is -2.11. The number of thioether (sulfide) groups is 1. The van der Waals surface area contributed by atoms with Crippen LogP contribution in [0.4, 0.5) is 0 Å². The molecule has 70 valence electrons. The standard InChI is InChI=1S/C7H13NO2S2/c1-6(9)10-4-5-12-7(11)8(2)3/h4-5H2,1-3H3. The fourth-order valence-corrected chi connectivity index (χ4v) is 1.29. The lowest BCUT2D eigenvalue weighted by molar-refractivity contribution is -0.140. The topological polar surface area (TPSA) is 29.5 Å². The number of esters is 1. The first-order valence-corrected chi connectivity index (χ1v) is 4.91. The van der Waals surface area contributed by atoms with E-state index in [1.54, 1.807) is 0 Å². The summed E-state index contributed by atoms with van der Waals surface area (Å²) in [7, 11) is 3.78. The van der Waals surface area contributed by atoms with Crippen LogP contribution in [0.25, 0.3) is 0 Å².